The van der Waals surface area contributed by atoms with Crippen molar-refractivity contribution < 1.29 is 4.79 Å². The Balaban J connectivity index is 3.17. The molecule has 0 bridgehead atoms. The Morgan fingerprint density at radius 1 is 1.67 bits per heavy atom. The van der Waals surface area contributed by atoms with Gasteiger partial charge in [0.1, 0.15) is 5.78 Å². The predicted molar refractivity (Wildman–Crippen MR) is 39.8 cm³/mol. The highest BCUT2D eigenvalue weighted by atomic mass is 35.5. The maximum Gasteiger partial charge on any atom is 0.132 e. The van der Waals surface area contributed by atoms with Crippen molar-refractivity contribution in [2.24, 2.45) is 0 Å². The van der Waals surface area contributed by atoms with Crippen LogP contribution >= 0.6 is 11.6 Å². The lowest BCUT2D eigenvalue weighted by atomic mass is 10.1. The van der Waals surface area contributed by atoms with E-state index in [0.717, 1.165) is 6.42 Å². The van der Waals surface area contributed by atoms with E-state index in [9.17, 15) is 4.79 Å². The zero-order chi connectivity index (χ0) is 7.28. The van der Waals surface area contributed by atoms with Crippen LogP contribution in [-0.2, 0) is 4.79 Å². The third-order valence-electron chi connectivity index (χ3n) is 1.22. The lowest BCUT2D eigenvalue weighted by molar-refractivity contribution is -0.118. The van der Waals surface area contributed by atoms with E-state index in [0.29, 0.717) is 18.6 Å². The van der Waals surface area contributed by atoms with Crippen LogP contribution in [0.25, 0.3) is 0 Å². The summed E-state index contributed by atoms with van der Waals surface area (Å²) in [7, 11) is 0. The molecule has 54 valence electrons. The highest BCUT2D eigenvalue weighted by molar-refractivity contribution is 6.20. The molecular formula is C7H13ClO. The van der Waals surface area contributed by atoms with Crippen LogP contribution in [0.15, 0.2) is 0 Å². The molecule has 0 aromatic heterocycles. The van der Waals surface area contributed by atoms with Gasteiger partial charge in [-0.1, -0.05) is 6.92 Å². The summed E-state index contributed by atoms with van der Waals surface area (Å²) in [6.07, 6.45) is 2.10. The minimum Gasteiger partial charge on any atom is -0.300 e. The smallest absolute Gasteiger partial charge is 0.132 e. The van der Waals surface area contributed by atoms with Crippen LogP contribution in [0.3, 0.4) is 0 Å². The topological polar surface area (TPSA) is 17.1 Å². The Morgan fingerprint density at radius 2 is 2.22 bits per heavy atom. The van der Waals surface area contributed by atoms with Gasteiger partial charge in [0.2, 0.25) is 0 Å². The highest BCUT2D eigenvalue weighted by Crippen LogP contribution is 2.04. The van der Waals surface area contributed by atoms with Crippen LogP contribution in [0, 0.1) is 0 Å². The summed E-state index contributed by atoms with van der Waals surface area (Å²) < 4.78 is 0. The first kappa shape index (κ1) is 8.96. The molecule has 0 saturated carbocycles. The molecule has 0 N–H and O–H groups in total. The molecule has 0 aliphatic carbocycles. The van der Waals surface area contributed by atoms with Crippen LogP contribution in [0.1, 0.15) is 33.1 Å². The zero-order valence-corrected chi connectivity index (χ0v) is 6.74. The number of carbonyl (C=O) groups is 1. The molecule has 1 nitrogen and oxygen atoms in total. The predicted octanol–water partition coefficient (Wildman–Crippen LogP) is 2.37. The third kappa shape index (κ3) is 5.84. The average molecular weight is 149 g/mol. The van der Waals surface area contributed by atoms with Gasteiger partial charge in [-0.25, -0.2) is 0 Å². The van der Waals surface area contributed by atoms with Crippen LogP contribution in [0.5, 0.6) is 0 Å². The summed E-state index contributed by atoms with van der Waals surface area (Å²) in [6, 6.07) is 0. The molecule has 9 heavy (non-hydrogen) atoms. The molecule has 0 radical (unpaired) electrons. The molecule has 0 aliphatic heterocycles. The molecule has 0 fully saturated rings. The van der Waals surface area contributed by atoms with E-state index in [-0.39, 0.29) is 5.38 Å². The van der Waals surface area contributed by atoms with Crippen LogP contribution < -0.4 is 0 Å². The lowest BCUT2D eigenvalue weighted by Gasteiger charge is -1.98. The van der Waals surface area contributed by atoms with Gasteiger partial charge in [0.15, 0.2) is 0 Å². The summed E-state index contributed by atoms with van der Waals surface area (Å²) in [6.45, 7) is 3.78. The molecule has 0 rings (SSSR count). The molecule has 0 spiro atoms. The number of hydrogen-bond donors (Lipinski definition) is 0. The Labute approximate surface area is 61.4 Å². The van der Waals surface area contributed by atoms with Crippen LogP contribution in [0.4, 0.5) is 0 Å². The molecule has 0 saturated heterocycles. The second-order valence-electron chi connectivity index (χ2n) is 2.21. The highest BCUT2D eigenvalue weighted by Gasteiger charge is 2.00. The van der Waals surface area contributed by atoms with E-state index >= 15 is 0 Å². The van der Waals surface area contributed by atoms with Gasteiger partial charge >= 0.3 is 0 Å². The molecule has 1 atom stereocenters. The van der Waals surface area contributed by atoms with E-state index in [1.54, 1.807) is 0 Å². The molecule has 0 amide bonds. The molecule has 2 heteroatoms. The zero-order valence-electron chi connectivity index (χ0n) is 5.98. The van der Waals surface area contributed by atoms with E-state index in [1.807, 2.05) is 13.8 Å². The number of hydrogen-bond acceptors (Lipinski definition) is 1. The van der Waals surface area contributed by atoms with Gasteiger partial charge in [-0.3, -0.25) is 4.79 Å². The fraction of sp³-hybridized carbons (Fsp3) is 0.857. The average Bonchev–Trinajstić information content (AvgIpc) is 1.83. The second kappa shape index (κ2) is 4.80. The summed E-state index contributed by atoms with van der Waals surface area (Å²) in [5.41, 5.74) is 0. The standard InChI is InChI=1S/C7H13ClO/c1-3-7(9)5-4-6(2)8/h6H,3-5H2,1-2H3. The number of Topliss-reactive ketones (excluding diaryl/α,β-unsaturated/α-hetero) is 1. The van der Waals surface area contributed by atoms with E-state index in [2.05, 4.69) is 0 Å². The summed E-state index contributed by atoms with van der Waals surface area (Å²) in [5.74, 6) is 0.308. The normalized spacial score (nSPS) is 13.2. The second-order valence-corrected chi connectivity index (χ2v) is 2.96. The van der Waals surface area contributed by atoms with Crippen LogP contribution in [-0.4, -0.2) is 11.2 Å². The Bertz CT molecular complexity index is 88.9. The van der Waals surface area contributed by atoms with Crippen molar-refractivity contribution in [3.05, 3.63) is 0 Å². The van der Waals surface area contributed by atoms with Gasteiger partial charge < -0.3 is 0 Å². The molecule has 0 aromatic carbocycles. The van der Waals surface area contributed by atoms with Gasteiger partial charge in [0.25, 0.3) is 0 Å². The van der Waals surface area contributed by atoms with E-state index in [4.69, 9.17) is 11.6 Å². The van der Waals surface area contributed by atoms with Crippen molar-refractivity contribution >= 4 is 17.4 Å². The summed E-state index contributed by atoms with van der Waals surface area (Å²) in [4.78, 5) is 10.7. The first-order valence-electron chi connectivity index (χ1n) is 3.32. The fourth-order valence-electron chi connectivity index (χ4n) is 0.537. The lowest BCUT2D eigenvalue weighted by Crippen LogP contribution is -1.99. The Hall–Kier alpha value is -0.0400. The Morgan fingerprint density at radius 3 is 2.56 bits per heavy atom. The van der Waals surface area contributed by atoms with Crippen molar-refractivity contribution in [1.82, 2.24) is 0 Å². The first-order valence-corrected chi connectivity index (χ1v) is 3.76. The number of alkyl halides is 1. The molecule has 1 unspecified atom stereocenters. The van der Waals surface area contributed by atoms with Crippen LogP contribution in [0.2, 0.25) is 0 Å². The quantitative estimate of drug-likeness (QED) is 0.560. The van der Waals surface area contributed by atoms with Gasteiger partial charge in [-0.15, -0.1) is 11.6 Å². The van der Waals surface area contributed by atoms with E-state index in [1.165, 1.54) is 0 Å². The molecule has 0 aliphatic rings. The Kier molecular flexibility index (Phi) is 4.78. The number of rotatable bonds is 4. The molecule has 0 heterocycles. The number of halogens is 1. The number of ketones is 1. The van der Waals surface area contributed by atoms with Gasteiger partial charge in [0.05, 0.1) is 0 Å². The van der Waals surface area contributed by atoms with Gasteiger partial charge in [-0.2, -0.15) is 0 Å². The minimum absolute atomic E-state index is 0.139. The van der Waals surface area contributed by atoms with Gasteiger partial charge in [-0.05, 0) is 13.3 Å². The van der Waals surface area contributed by atoms with E-state index < -0.39 is 0 Å². The van der Waals surface area contributed by atoms with Gasteiger partial charge in [0, 0.05) is 18.2 Å². The minimum atomic E-state index is 0.139. The molecular weight excluding hydrogens is 136 g/mol. The SMILES string of the molecule is CCC(=O)CCC(C)Cl. The summed E-state index contributed by atoms with van der Waals surface area (Å²) in [5, 5.41) is 0.139. The fourth-order valence-corrected chi connectivity index (χ4v) is 0.646. The monoisotopic (exact) mass is 148 g/mol. The first-order chi connectivity index (χ1) is 4.16. The summed E-state index contributed by atoms with van der Waals surface area (Å²) >= 11 is 5.63. The number of carbonyl (C=O) groups excluding carboxylic acids is 1. The van der Waals surface area contributed by atoms with Crippen molar-refractivity contribution in [3.63, 3.8) is 0 Å². The maximum absolute atomic E-state index is 10.7. The van der Waals surface area contributed by atoms with Crippen molar-refractivity contribution in [3.8, 4) is 0 Å². The van der Waals surface area contributed by atoms with Crippen molar-refractivity contribution in [1.29, 1.82) is 0 Å². The van der Waals surface area contributed by atoms with Crippen molar-refractivity contribution in [2.45, 2.75) is 38.5 Å². The van der Waals surface area contributed by atoms with Crippen molar-refractivity contribution in [2.75, 3.05) is 0 Å². The largest absolute Gasteiger partial charge is 0.300 e. The third-order valence-corrected chi connectivity index (χ3v) is 1.43. The molecule has 0 aromatic rings. The maximum atomic E-state index is 10.7.